The van der Waals surface area contributed by atoms with Crippen LogP contribution in [0, 0.1) is 0 Å². The zero-order valence-corrected chi connectivity index (χ0v) is 12.5. The average Bonchev–Trinajstić information content (AvgIpc) is 2.40. The van der Waals surface area contributed by atoms with Crippen molar-refractivity contribution in [2.75, 3.05) is 0 Å². The predicted octanol–water partition coefficient (Wildman–Crippen LogP) is 5.34. The van der Waals surface area contributed by atoms with Crippen molar-refractivity contribution in [3.63, 3.8) is 0 Å². The van der Waals surface area contributed by atoms with E-state index in [0.717, 1.165) is 5.56 Å². The second-order valence-electron chi connectivity index (χ2n) is 5.34. The third kappa shape index (κ3) is 2.58. The molecule has 0 heterocycles. The van der Waals surface area contributed by atoms with Gasteiger partial charge in [-0.3, -0.25) is 0 Å². The molecule has 104 valence electrons. The zero-order valence-electron chi connectivity index (χ0n) is 11.0. The second kappa shape index (κ2) is 5.77. The molecule has 0 amide bonds. The Morgan fingerprint density at radius 1 is 1.00 bits per heavy atom. The highest BCUT2D eigenvalue weighted by Gasteiger charge is 2.20. The lowest BCUT2D eigenvalue weighted by molar-refractivity contribution is 0.220. The Morgan fingerprint density at radius 2 is 1.70 bits per heavy atom. The first kappa shape index (κ1) is 13.9. The summed E-state index contributed by atoms with van der Waals surface area (Å²) in [5, 5.41) is 11.3. The summed E-state index contributed by atoms with van der Waals surface area (Å²) in [5.41, 5.74) is 2.86. The van der Waals surface area contributed by atoms with Gasteiger partial charge < -0.3 is 5.11 Å². The van der Waals surface area contributed by atoms with Crippen molar-refractivity contribution in [1.82, 2.24) is 0 Å². The molecule has 2 aromatic rings. The fourth-order valence-corrected chi connectivity index (χ4v) is 3.01. The largest absolute Gasteiger partial charge is 0.384 e. The summed E-state index contributed by atoms with van der Waals surface area (Å²) in [7, 11) is 0. The van der Waals surface area contributed by atoms with Crippen LogP contribution in [0.5, 0.6) is 0 Å². The lowest BCUT2D eigenvalue weighted by Crippen LogP contribution is -2.09. The molecular weight excluding hydrogens is 291 g/mol. The summed E-state index contributed by atoms with van der Waals surface area (Å²) < 4.78 is 0. The maximum Gasteiger partial charge on any atom is 0.106 e. The lowest BCUT2D eigenvalue weighted by atomic mass is 9.80. The van der Waals surface area contributed by atoms with E-state index < -0.39 is 6.10 Å². The van der Waals surface area contributed by atoms with Crippen LogP contribution in [-0.2, 0) is 0 Å². The van der Waals surface area contributed by atoms with Gasteiger partial charge in [0.15, 0.2) is 0 Å². The summed E-state index contributed by atoms with van der Waals surface area (Å²) in [6, 6.07) is 13.5. The highest BCUT2D eigenvalue weighted by Crippen LogP contribution is 2.37. The fourth-order valence-electron chi connectivity index (χ4n) is 2.60. The van der Waals surface area contributed by atoms with E-state index >= 15 is 0 Å². The first-order valence-electron chi connectivity index (χ1n) is 6.88. The number of aliphatic hydroxyl groups excluding tert-OH is 1. The molecule has 1 nitrogen and oxygen atoms in total. The Bertz CT molecular complexity index is 603. The van der Waals surface area contributed by atoms with Gasteiger partial charge in [0.1, 0.15) is 6.10 Å². The van der Waals surface area contributed by atoms with Crippen molar-refractivity contribution < 1.29 is 5.11 Å². The van der Waals surface area contributed by atoms with Gasteiger partial charge in [0.25, 0.3) is 0 Å². The van der Waals surface area contributed by atoms with E-state index in [4.69, 9.17) is 23.2 Å². The Morgan fingerprint density at radius 3 is 2.30 bits per heavy atom. The minimum atomic E-state index is -0.739. The van der Waals surface area contributed by atoms with Crippen LogP contribution in [0.2, 0.25) is 10.0 Å². The number of rotatable bonds is 3. The van der Waals surface area contributed by atoms with Crippen LogP contribution in [0.4, 0.5) is 0 Å². The molecule has 1 atom stereocenters. The lowest BCUT2D eigenvalue weighted by Gasteiger charge is -2.26. The third-order valence-electron chi connectivity index (χ3n) is 4.10. The Balaban J connectivity index is 1.86. The summed E-state index contributed by atoms with van der Waals surface area (Å²) in [5.74, 6) is 0.705. The van der Waals surface area contributed by atoms with E-state index in [0.29, 0.717) is 21.5 Å². The van der Waals surface area contributed by atoms with Crippen LogP contribution in [0.25, 0.3) is 0 Å². The molecule has 0 aromatic heterocycles. The molecule has 1 aliphatic rings. The highest BCUT2D eigenvalue weighted by molar-refractivity contribution is 6.42. The number of hydrogen-bond donors (Lipinski definition) is 1. The maximum absolute atomic E-state index is 10.5. The van der Waals surface area contributed by atoms with Crippen molar-refractivity contribution in [3.05, 3.63) is 69.2 Å². The van der Waals surface area contributed by atoms with E-state index in [2.05, 4.69) is 12.1 Å². The van der Waals surface area contributed by atoms with Gasteiger partial charge in [-0.25, -0.2) is 0 Å². The van der Waals surface area contributed by atoms with Gasteiger partial charge in [-0.1, -0.05) is 66.0 Å². The van der Waals surface area contributed by atoms with Gasteiger partial charge in [-0.2, -0.15) is 0 Å². The Labute approximate surface area is 129 Å². The van der Waals surface area contributed by atoms with E-state index in [9.17, 15) is 5.11 Å². The minimum Gasteiger partial charge on any atom is -0.384 e. The van der Waals surface area contributed by atoms with E-state index in [1.54, 1.807) is 18.2 Å². The molecule has 1 fully saturated rings. The molecule has 0 spiro atoms. The van der Waals surface area contributed by atoms with E-state index in [-0.39, 0.29) is 0 Å². The maximum atomic E-state index is 10.5. The molecule has 0 radical (unpaired) electrons. The van der Waals surface area contributed by atoms with Crippen molar-refractivity contribution in [2.24, 2.45) is 0 Å². The number of hydrogen-bond acceptors (Lipinski definition) is 1. The van der Waals surface area contributed by atoms with Crippen molar-refractivity contribution in [1.29, 1.82) is 0 Å². The van der Waals surface area contributed by atoms with Gasteiger partial charge in [0.2, 0.25) is 0 Å². The van der Waals surface area contributed by atoms with Crippen molar-refractivity contribution in [2.45, 2.75) is 31.3 Å². The first-order chi connectivity index (χ1) is 9.66. The molecule has 0 aliphatic heterocycles. The number of benzene rings is 2. The summed E-state index contributed by atoms with van der Waals surface area (Å²) in [6.07, 6.45) is 3.15. The summed E-state index contributed by atoms with van der Waals surface area (Å²) in [4.78, 5) is 0. The molecule has 2 aromatic carbocycles. The van der Waals surface area contributed by atoms with Crippen LogP contribution in [0.15, 0.2) is 42.5 Å². The topological polar surface area (TPSA) is 20.2 Å². The summed E-state index contributed by atoms with van der Waals surface area (Å²) >= 11 is 12.2. The molecular formula is C17H16Cl2O. The summed E-state index contributed by atoms with van der Waals surface area (Å²) in [6.45, 7) is 0. The standard InChI is InChI=1S/C17H16Cl2O/c18-15-6-2-5-14(16(15)19)17(20)13-9-7-12(8-10-13)11-3-1-4-11/h2,5-11,17,20H,1,3-4H2. The second-order valence-corrected chi connectivity index (χ2v) is 6.13. The van der Waals surface area contributed by atoms with Crippen molar-refractivity contribution >= 4 is 23.2 Å². The number of halogens is 2. The molecule has 0 saturated heterocycles. The van der Waals surface area contributed by atoms with Crippen LogP contribution in [-0.4, -0.2) is 5.11 Å². The van der Waals surface area contributed by atoms with Crippen molar-refractivity contribution in [3.8, 4) is 0 Å². The molecule has 0 bridgehead atoms. The first-order valence-corrected chi connectivity index (χ1v) is 7.64. The van der Waals surface area contributed by atoms with Gasteiger partial charge in [-0.05, 0) is 36.0 Å². The Kier molecular flexibility index (Phi) is 4.02. The predicted molar refractivity (Wildman–Crippen MR) is 83.6 cm³/mol. The normalized spacial score (nSPS) is 16.8. The van der Waals surface area contributed by atoms with Gasteiger partial charge in [-0.15, -0.1) is 0 Å². The quantitative estimate of drug-likeness (QED) is 0.811. The van der Waals surface area contributed by atoms with Crippen LogP contribution >= 0.6 is 23.2 Å². The smallest absolute Gasteiger partial charge is 0.106 e. The van der Waals surface area contributed by atoms with Gasteiger partial charge >= 0.3 is 0 Å². The SMILES string of the molecule is OC(c1ccc(C2CCC2)cc1)c1cccc(Cl)c1Cl. The highest BCUT2D eigenvalue weighted by atomic mass is 35.5. The van der Waals surface area contributed by atoms with Gasteiger partial charge in [0, 0.05) is 5.56 Å². The van der Waals surface area contributed by atoms with E-state index in [1.165, 1.54) is 24.8 Å². The molecule has 1 aliphatic carbocycles. The monoisotopic (exact) mass is 306 g/mol. The molecule has 20 heavy (non-hydrogen) atoms. The fraction of sp³-hybridized carbons (Fsp3) is 0.294. The van der Waals surface area contributed by atoms with Crippen LogP contribution in [0.3, 0.4) is 0 Å². The third-order valence-corrected chi connectivity index (χ3v) is 4.94. The molecule has 1 unspecified atom stereocenters. The molecule has 3 heteroatoms. The molecule has 3 rings (SSSR count). The van der Waals surface area contributed by atoms with Crippen LogP contribution < -0.4 is 0 Å². The molecule has 1 N–H and O–H groups in total. The minimum absolute atomic E-state index is 0.421. The van der Waals surface area contributed by atoms with E-state index in [1.807, 2.05) is 12.1 Å². The number of aliphatic hydroxyl groups is 1. The van der Waals surface area contributed by atoms with Crippen LogP contribution in [0.1, 0.15) is 48.0 Å². The van der Waals surface area contributed by atoms with Gasteiger partial charge in [0.05, 0.1) is 10.0 Å². The molecule has 1 saturated carbocycles. The zero-order chi connectivity index (χ0) is 14.1. The Hall–Kier alpha value is -1.02. The average molecular weight is 307 g/mol.